The van der Waals surface area contributed by atoms with Crippen molar-refractivity contribution in [1.29, 1.82) is 0 Å². The predicted molar refractivity (Wildman–Crippen MR) is 116 cm³/mol. The largest absolute Gasteiger partial charge is 0.368 e. The van der Waals surface area contributed by atoms with Crippen LogP contribution in [0.4, 0.5) is 10.9 Å². The van der Waals surface area contributed by atoms with Gasteiger partial charge in [0, 0.05) is 35.3 Å². The molecule has 7 nitrogen and oxygen atoms in total. The van der Waals surface area contributed by atoms with Gasteiger partial charge in [-0.1, -0.05) is 18.2 Å². The number of rotatable bonds is 4. The van der Waals surface area contributed by atoms with Crippen LogP contribution in [0.25, 0.3) is 10.9 Å². The van der Waals surface area contributed by atoms with Crippen molar-refractivity contribution in [2.75, 3.05) is 25.0 Å². The summed E-state index contributed by atoms with van der Waals surface area (Å²) in [4.78, 5) is 28.4. The molecule has 4 heterocycles. The predicted octanol–water partition coefficient (Wildman–Crippen LogP) is 4.04. The lowest BCUT2D eigenvalue weighted by Gasteiger charge is -2.33. The van der Waals surface area contributed by atoms with Crippen molar-refractivity contribution in [2.45, 2.75) is 6.10 Å². The maximum absolute atomic E-state index is 13.3. The lowest BCUT2D eigenvalue weighted by Crippen LogP contribution is -2.42. The number of carbonyl (C=O) groups excluding carboxylic acids is 1. The van der Waals surface area contributed by atoms with Crippen LogP contribution in [-0.4, -0.2) is 45.5 Å². The first-order valence-corrected chi connectivity index (χ1v) is 10.5. The van der Waals surface area contributed by atoms with Crippen LogP contribution in [-0.2, 0) is 4.74 Å². The van der Waals surface area contributed by atoms with Gasteiger partial charge < -0.3 is 15.0 Å². The molecule has 0 radical (unpaired) electrons. The summed E-state index contributed by atoms with van der Waals surface area (Å²) in [6.07, 6.45) is 3.20. The molecule has 1 atom stereocenters. The number of pyridine rings is 2. The highest BCUT2D eigenvalue weighted by Gasteiger charge is 2.28. The van der Waals surface area contributed by atoms with E-state index in [9.17, 15) is 4.79 Å². The number of hydrogen-bond donors (Lipinski definition) is 1. The fourth-order valence-corrected chi connectivity index (χ4v) is 4.10. The molecular formula is C22H19N5O2S. The highest BCUT2D eigenvalue weighted by Crippen LogP contribution is 2.26. The van der Waals surface area contributed by atoms with E-state index in [4.69, 9.17) is 4.74 Å². The SMILES string of the molecule is O=C(c1cccc2ncccc12)N1CCOC(c2cccc(Nc3nccs3)n2)C1. The van der Waals surface area contributed by atoms with Crippen molar-refractivity contribution < 1.29 is 9.53 Å². The number of fused-ring (bicyclic) bond motifs is 1. The van der Waals surface area contributed by atoms with Crippen molar-refractivity contribution in [1.82, 2.24) is 19.9 Å². The van der Waals surface area contributed by atoms with Crippen molar-refractivity contribution in [3.05, 3.63) is 77.6 Å². The van der Waals surface area contributed by atoms with E-state index in [1.807, 2.05) is 58.8 Å². The maximum atomic E-state index is 13.3. The van der Waals surface area contributed by atoms with Crippen LogP contribution in [0.2, 0.25) is 0 Å². The number of nitrogens with one attached hydrogen (secondary N) is 1. The Bertz CT molecular complexity index is 1180. The zero-order valence-corrected chi connectivity index (χ0v) is 16.9. The minimum Gasteiger partial charge on any atom is -0.368 e. The van der Waals surface area contributed by atoms with Crippen molar-refractivity contribution in [3.8, 4) is 0 Å². The number of amides is 1. The van der Waals surface area contributed by atoms with E-state index in [1.54, 1.807) is 12.4 Å². The third-order valence-corrected chi connectivity index (χ3v) is 5.69. The summed E-state index contributed by atoms with van der Waals surface area (Å²) in [7, 11) is 0. The third-order valence-electron chi connectivity index (χ3n) is 5.00. The van der Waals surface area contributed by atoms with E-state index >= 15 is 0 Å². The Morgan fingerprint density at radius 2 is 2.03 bits per heavy atom. The summed E-state index contributed by atoms with van der Waals surface area (Å²) in [5.41, 5.74) is 2.26. The molecule has 1 aromatic carbocycles. The zero-order valence-electron chi connectivity index (χ0n) is 16.1. The number of aromatic nitrogens is 3. The smallest absolute Gasteiger partial charge is 0.254 e. The molecule has 0 aliphatic carbocycles. The number of ether oxygens (including phenoxy) is 1. The van der Waals surface area contributed by atoms with Crippen LogP contribution in [0, 0.1) is 0 Å². The molecule has 1 saturated heterocycles. The second kappa shape index (κ2) is 8.17. The summed E-state index contributed by atoms with van der Waals surface area (Å²) >= 11 is 1.51. The van der Waals surface area contributed by atoms with E-state index < -0.39 is 0 Å². The summed E-state index contributed by atoms with van der Waals surface area (Å²) in [5, 5.41) is 6.75. The molecule has 8 heteroatoms. The Morgan fingerprint density at radius 3 is 2.93 bits per heavy atom. The second-order valence-electron chi connectivity index (χ2n) is 6.90. The first-order valence-electron chi connectivity index (χ1n) is 9.66. The summed E-state index contributed by atoms with van der Waals surface area (Å²) in [6, 6.07) is 15.2. The Kier molecular flexibility index (Phi) is 5.08. The molecule has 5 rings (SSSR count). The van der Waals surface area contributed by atoms with E-state index in [0.29, 0.717) is 31.1 Å². The maximum Gasteiger partial charge on any atom is 0.254 e. The fraction of sp³-hybridized carbons (Fsp3) is 0.182. The monoisotopic (exact) mass is 417 g/mol. The minimum atomic E-state index is -0.283. The molecular weight excluding hydrogens is 398 g/mol. The lowest BCUT2D eigenvalue weighted by molar-refractivity contribution is -0.0246. The number of nitrogens with zero attached hydrogens (tertiary/aromatic N) is 4. The van der Waals surface area contributed by atoms with Crippen molar-refractivity contribution in [3.63, 3.8) is 0 Å². The van der Waals surface area contributed by atoms with E-state index in [-0.39, 0.29) is 12.0 Å². The molecule has 1 unspecified atom stereocenters. The van der Waals surface area contributed by atoms with Crippen LogP contribution in [0.1, 0.15) is 22.2 Å². The van der Waals surface area contributed by atoms with Crippen LogP contribution in [0.5, 0.6) is 0 Å². The van der Waals surface area contributed by atoms with Gasteiger partial charge in [-0.3, -0.25) is 9.78 Å². The van der Waals surface area contributed by atoms with Crippen LogP contribution in [0.3, 0.4) is 0 Å². The van der Waals surface area contributed by atoms with Crippen molar-refractivity contribution in [2.24, 2.45) is 0 Å². The first kappa shape index (κ1) is 18.7. The highest BCUT2D eigenvalue weighted by molar-refractivity contribution is 7.13. The number of hydrogen-bond acceptors (Lipinski definition) is 7. The number of thiazole rings is 1. The Hall–Kier alpha value is -3.36. The zero-order chi connectivity index (χ0) is 20.3. The number of anilines is 2. The standard InChI is InChI=1S/C22H19N5O2S/c28-21(16-4-1-6-17-15(16)5-3-9-23-17)27-11-12-29-19(14-27)18-7-2-8-20(25-18)26-22-24-10-13-30-22/h1-10,13,19H,11-12,14H2,(H,24,25,26). The summed E-state index contributed by atoms with van der Waals surface area (Å²) < 4.78 is 5.95. The topological polar surface area (TPSA) is 80.2 Å². The van der Waals surface area contributed by atoms with E-state index in [2.05, 4.69) is 20.3 Å². The van der Waals surface area contributed by atoms with Gasteiger partial charge in [0.25, 0.3) is 5.91 Å². The van der Waals surface area contributed by atoms with Gasteiger partial charge in [0.2, 0.25) is 0 Å². The number of carbonyl (C=O) groups is 1. The van der Waals surface area contributed by atoms with Crippen LogP contribution >= 0.6 is 11.3 Å². The van der Waals surface area contributed by atoms with E-state index in [1.165, 1.54) is 11.3 Å². The van der Waals surface area contributed by atoms with Crippen LogP contribution in [0.15, 0.2) is 66.3 Å². The molecule has 3 aromatic heterocycles. The normalized spacial score (nSPS) is 16.5. The molecule has 1 N–H and O–H groups in total. The first-order chi connectivity index (χ1) is 14.8. The summed E-state index contributed by atoms with van der Waals surface area (Å²) in [5.74, 6) is 0.689. The molecule has 0 spiro atoms. The van der Waals surface area contributed by atoms with Gasteiger partial charge >= 0.3 is 0 Å². The molecule has 4 aromatic rings. The fourth-order valence-electron chi connectivity index (χ4n) is 3.57. The minimum absolute atomic E-state index is 0.0148. The summed E-state index contributed by atoms with van der Waals surface area (Å²) in [6.45, 7) is 1.46. The van der Waals surface area contributed by atoms with E-state index in [0.717, 1.165) is 21.7 Å². The molecule has 1 fully saturated rings. The molecule has 1 aliphatic rings. The molecule has 1 amide bonds. The van der Waals surface area contributed by atoms with Gasteiger partial charge in [-0.05, 0) is 30.3 Å². The number of benzene rings is 1. The average molecular weight is 417 g/mol. The van der Waals surface area contributed by atoms with Gasteiger partial charge in [0.1, 0.15) is 11.9 Å². The molecule has 150 valence electrons. The van der Waals surface area contributed by atoms with Gasteiger partial charge in [0.05, 0.1) is 24.4 Å². The molecule has 30 heavy (non-hydrogen) atoms. The molecule has 0 bridgehead atoms. The Labute approximate surface area is 177 Å². The lowest BCUT2D eigenvalue weighted by atomic mass is 10.1. The van der Waals surface area contributed by atoms with Crippen LogP contribution < -0.4 is 5.32 Å². The second-order valence-corrected chi connectivity index (χ2v) is 7.79. The van der Waals surface area contributed by atoms with Crippen molar-refractivity contribution >= 4 is 39.1 Å². The Morgan fingerprint density at radius 1 is 1.10 bits per heavy atom. The van der Waals surface area contributed by atoms with Gasteiger partial charge in [-0.2, -0.15) is 0 Å². The average Bonchev–Trinajstić information content (AvgIpc) is 3.31. The van der Waals surface area contributed by atoms with Gasteiger partial charge in [0.15, 0.2) is 5.13 Å². The Balaban J connectivity index is 1.36. The molecule has 0 saturated carbocycles. The molecule has 1 aliphatic heterocycles. The quantitative estimate of drug-likeness (QED) is 0.540. The highest BCUT2D eigenvalue weighted by atomic mass is 32.1. The van der Waals surface area contributed by atoms with Gasteiger partial charge in [-0.15, -0.1) is 11.3 Å². The third kappa shape index (κ3) is 3.74. The number of morpholine rings is 1. The van der Waals surface area contributed by atoms with Gasteiger partial charge in [-0.25, -0.2) is 9.97 Å².